The Morgan fingerprint density at radius 2 is 1.61 bits per heavy atom. The maximum Gasteiger partial charge on any atom is 0.345 e. The summed E-state index contributed by atoms with van der Waals surface area (Å²) in [6, 6.07) is 6.41. The van der Waals surface area contributed by atoms with E-state index in [2.05, 4.69) is 17.2 Å². The summed E-state index contributed by atoms with van der Waals surface area (Å²) >= 11 is 0.758. The predicted octanol–water partition coefficient (Wildman–Crippen LogP) is 6.91. The highest BCUT2D eigenvalue weighted by atomic mass is 32.1. The molecule has 0 saturated heterocycles. The second kappa shape index (κ2) is 15.1. The number of nitrogens with one attached hydrogen (secondary N) is 1. The molecule has 1 aromatic heterocycles. The Kier molecular flexibility index (Phi) is 12.1. The highest BCUT2D eigenvalue weighted by molar-refractivity contribution is 7.18. The number of unbranched alkanes of at least 4 members (excludes halogenated alkanes) is 10. The predicted molar refractivity (Wildman–Crippen MR) is 130 cm³/mol. The second-order valence-corrected chi connectivity index (χ2v) is 8.98. The van der Waals surface area contributed by atoms with E-state index in [0.29, 0.717) is 6.42 Å². The number of anilines is 1. The third-order valence-corrected chi connectivity index (χ3v) is 6.10. The normalized spacial score (nSPS) is 10.7. The number of nitrogens with zero attached hydrogens (tertiary/aromatic N) is 2. The largest absolute Gasteiger partial charge is 0.426 e. The molecule has 0 spiro atoms. The summed E-state index contributed by atoms with van der Waals surface area (Å²) in [5, 5.41) is 13.2. The van der Waals surface area contributed by atoms with Gasteiger partial charge in [-0.3, -0.25) is 25.0 Å². The zero-order chi connectivity index (χ0) is 23.9. The highest BCUT2D eigenvalue weighted by Gasteiger charge is 2.18. The second-order valence-electron chi connectivity index (χ2n) is 7.97. The lowest BCUT2D eigenvalue weighted by Gasteiger charge is -2.09. The summed E-state index contributed by atoms with van der Waals surface area (Å²) in [6.45, 7) is 2.23. The molecule has 0 bridgehead atoms. The van der Waals surface area contributed by atoms with Crippen LogP contribution in [-0.4, -0.2) is 21.8 Å². The van der Waals surface area contributed by atoms with Gasteiger partial charge in [0.05, 0.1) is 10.5 Å². The molecular weight excluding hydrogens is 442 g/mol. The van der Waals surface area contributed by atoms with Crippen LogP contribution in [-0.2, 0) is 4.79 Å². The molecule has 1 heterocycles. The molecule has 2 rings (SSSR count). The van der Waals surface area contributed by atoms with Gasteiger partial charge in [-0.25, -0.2) is 4.98 Å². The summed E-state index contributed by atoms with van der Waals surface area (Å²) < 4.78 is 5.41. The number of esters is 1. The molecule has 8 nitrogen and oxygen atoms in total. The number of amides is 1. The monoisotopic (exact) mass is 475 g/mol. The van der Waals surface area contributed by atoms with Crippen LogP contribution in [0.15, 0.2) is 30.5 Å². The maximum atomic E-state index is 12.5. The third-order valence-electron chi connectivity index (χ3n) is 5.23. The van der Waals surface area contributed by atoms with Gasteiger partial charge >= 0.3 is 11.0 Å². The molecule has 0 aliphatic rings. The Morgan fingerprint density at radius 3 is 2.21 bits per heavy atom. The molecular formula is C24H33N3O5S. The molecule has 0 atom stereocenters. The van der Waals surface area contributed by atoms with Gasteiger partial charge in [0.2, 0.25) is 0 Å². The van der Waals surface area contributed by atoms with Crippen molar-refractivity contribution in [3.05, 3.63) is 46.1 Å². The first-order chi connectivity index (χ1) is 16.0. The van der Waals surface area contributed by atoms with Crippen LogP contribution >= 0.6 is 11.3 Å². The van der Waals surface area contributed by atoms with E-state index in [9.17, 15) is 19.7 Å². The van der Waals surface area contributed by atoms with Gasteiger partial charge in [-0.05, 0) is 29.9 Å². The molecule has 33 heavy (non-hydrogen) atoms. The molecule has 2 aromatic rings. The fourth-order valence-corrected chi connectivity index (χ4v) is 4.05. The van der Waals surface area contributed by atoms with E-state index in [0.717, 1.165) is 36.8 Å². The Hall–Kier alpha value is -2.81. The van der Waals surface area contributed by atoms with E-state index >= 15 is 0 Å². The minimum atomic E-state index is -0.572. The molecule has 0 aliphatic heterocycles. The van der Waals surface area contributed by atoms with Crippen LogP contribution in [0.4, 0.5) is 10.1 Å². The van der Waals surface area contributed by atoms with E-state index in [1.807, 2.05) is 0 Å². The van der Waals surface area contributed by atoms with Gasteiger partial charge in [0, 0.05) is 6.42 Å². The number of carbonyl (C=O) groups excluding carboxylic acids is 2. The molecule has 1 aromatic carbocycles. The van der Waals surface area contributed by atoms with E-state index in [4.69, 9.17) is 4.74 Å². The summed E-state index contributed by atoms with van der Waals surface area (Å²) in [4.78, 5) is 38.8. The van der Waals surface area contributed by atoms with Gasteiger partial charge in [0.15, 0.2) is 5.13 Å². The van der Waals surface area contributed by atoms with Gasteiger partial charge < -0.3 is 4.74 Å². The summed E-state index contributed by atoms with van der Waals surface area (Å²) in [6.07, 6.45) is 14.6. The van der Waals surface area contributed by atoms with Gasteiger partial charge in [0.1, 0.15) is 11.9 Å². The number of para-hydroxylation sites is 1. The first kappa shape index (κ1) is 26.4. The van der Waals surface area contributed by atoms with Gasteiger partial charge in [0.25, 0.3) is 5.91 Å². The Balaban J connectivity index is 1.69. The van der Waals surface area contributed by atoms with Crippen LogP contribution in [0.1, 0.15) is 94.3 Å². The van der Waals surface area contributed by atoms with Crippen molar-refractivity contribution < 1.29 is 19.2 Å². The lowest BCUT2D eigenvalue weighted by Crippen LogP contribution is -2.15. The Morgan fingerprint density at radius 1 is 1.00 bits per heavy atom. The van der Waals surface area contributed by atoms with Crippen LogP contribution in [0.25, 0.3) is 0 Å². The van der Waals surface area contributed by atoms with E-state index < -0.39 is 10.8 Å². The SMILES string of the molecule is CCCCCCCCCCCCCC(=O)Oc1ccccc1C(=O)Nc1ncc([N+](=O)[O-])s1. The lowest BCUT2D eigenvalue weighted by molar-refractivity contribution is -0.380. The molecule has 0 fully saturated rings. The zero-order valence-corrected chi connectivity index (χ0v) is 20.0. The average molecular weight is 476 g/mol. The van der Waals surface area contributed by atoms with Gasteiger partial charge in [-0.15, -0.1) is 0 Å². The minimum Gasteiger partial charge on any atom is -0.426 e. The van der Waals surface area contributed by atoms with Crippen molar-refractivity contribution >= 4 is 33.3 Å². The Bertz CT molecular complexity index is 900. The van der Waals surface area contributed by atoms with Gasteiger partial charge in [-0.2, -0.15) is 0 Å². The minimum absolute atomic E-state index is 0.105. The summed E-state index contributed by atoms with van der Waals surface area (Å²) in [5.41, 5.74) is 0.169. The molecule has 180 valence electrons. The van der Waals surface area contributed by atoms with Crippen molar-refractivity contribution in [2.24, 2.45) is 0 Å². The zero-order valence-electron chi connectivity index (χ0n) is 19.2. The third kappa shape index (κ3) is 10.1. The number of carbonyl (C=O) groups is 2. The van der Waals surface area contributed by atoms with E-state index in [1.54, 1.807) is 18.2 Å². The molecule has 0 unspecified atom stereocenters. The molecule has 0 aliphatic carbocycles. The lowest BCUT2D eigenvalue weighted by atomic mass is 10.1. The number of aromatic nitrogens is 1. The van der Waals surface area contributed by atoms with E-state index in [1.165, 1.54) is 57.4 Å². The van der Waals surface area contributed by atoms with Crippen LogP contribution in [0, 0.1) is 10.1 Å². The van der Waals surface area contributed by atoms with Gasteiger partial charge in [-0.1, -0.05) is 83.3 Å². The molecule has 0 saturated carbocycles. The van der Waals surface area contributed by atoms with Crippen molar-refractivity contribution in [2.75, 3.05) is 5.32 Å². The number of thiazole rings is 1. The summed E-state index contributed by atoms with van der Waals surface area (Å²) in [5.74, 6) is -0.762. The van der Waals surface area contributed by atoms with Crippen molar-refractivity contribution in [3.8, 4) is 5.75 Å². The fourth-order valence-electron chi connectivity index (χ4n) is 3.42. The van der Waals surface area contributed by atoms with Crippen molar-refractivity contribution in [2.45, 2.75) is 84.0 Å². The maximum absolute atomic E-state index is 12.5. The first-order valence-electron chi connectivity index (χ1n) is 11.7. The first-order valence-corrected chi connectivity index (χ1v) is 12.5. The van der Waals surface area contributed by atoms with Crippen LogP contribution < -0.4 is 10.1 Å². The quantitative estimate of drug-likeness (QED) is 0.0928. The van der Waals surface area contributed by atoms with Crippen molar-refractivity contribution in [1.82, 2.24) is 4.98 Å². The standard InChI is InChI=1S/C24H33N3O5S/c1-2-3-4-5-6-7-8-9-10-11-12-17-22(28)32-20-16-14-13-15-19(20)23(29)26-24-25-18-21(33-24)27(30)31/h13-16,18H,2-12,17H2,1H3,(H,25,26,29). The average Bonchev–Trinajstić information content (AvgIpc) is 3.26. The van der Waals surface area contributed by atoms with Crippen LogP contribution in [0.3, 0.4) is 0 Å². The number of rotatable bonds is 16. The fraction of sp³-hybridized carbons (Fsp3) is 0.542. The number of benzene rings is 1. The van der Waals surface area contributed by atoms with E-state index in [-0.39, 0.29) is 27.4 Å². The topological polar surface area (TPSA) is 111 Å². The van der Waals surface area contributed by atoms with Crippen molar-refractivity contribution in [3.63, 3.8) is 0 Å². The smallest absolute Gasteiger partial charge is 0.345 e. The number of hydrogen-bond donors (Lipinski definition) is 1. The number of hydrogen-bond acceptors (Lipinski definition) is 7. The number of ether oxygens (including phenoxy) is 1. The summed E-state index contributed by atoms with van der Waals surface area (Å²) in [7, 11) is 0. The van der Waals surface area contributed by atoms with Crippen LogP contribution in [0.5, 0.6) is 5.75 Å². The molecule has 1 N–H and O–H groups in total. The molecule has 0 radical (unpaired) electrons. The molecule has 9 heteroatoms. The molecule has 1 amide bonds. The Labute approximate surface area is 198 Å². The van der Waals surface area contributed by atoms with Crippen LogP contribution in [0.2, 0.25) is 0 Å². The van der Waals surface area contributed by atoms with Crippen molar-refractivity contribution in [1.29, 1.82) is 0 Å². The highest BCUT2D eigenvalue weighted by Crippen LogP contribution is 2.27. The number of nitro groups is 1.